The van der Waals surface area contributed by atoms with Crippen molar-refractivity contribution < 1.29 is 19.1 Å². The van der Waals surface area contributed by atoms with Crippen LogP contribution in [0.25, 0.3) is 0 Å². The highest BCUT2D eigenvalue weighted by molar-refractivity contribution is 5.94. The fourth-order valence-electron chi connectivity index (χ4n) is 2.04. The third-order valence-corrected chi connectivity index (χ3v) is 2.84. The molecule has 20 heavy (non-hydrogen) atoms. The molecule has 0 radical (unpaired) electrons. The molecule has 1 atom stereocenters. The molecule has 0 bridgehead atoms. The third-order valence-electron chi connectivity index (χ3n) is 2.84. The summed E-state index contributed by atoms with van der Waals surface area (Å²) in [6.07, 6.45) is 2.97. The van der Waals surface area contributed by atoms with E-state index in [2.05, 4.69) is 10.3 Å². The van der Waals surface area contributed by atoms with Crippen LogP contribution in [0.5, 0.6) is 0 Å². The SMILES string of the molecule is CC(C)C[C@H](CNC(=O)c1ccncc1F)CC(=O)O. The lowest BCUT2D eigenvalue weighted by atomic mass is 9.94. The van der Waals surface area contributed by atoms with Crippen molar-refractivity contribution in [3.05, 3.63) is 29.8 Å². The average Bonchev–Trinajstić information content (AvgIpc) is 2.34. The number of rotatable bonds is 7. The fraction of sp³-hybridized carbons (Fsp3) is 0.500. The first kappa shape index (κ1) is 16.1. The Labute approximate surface area is 117 Å². The van der Waals surface area contributed by atoms with Gasteiger partial charge < -0.3 is 10.4 Å². The first-order chi connectivity index (χ1) is 9.40. The molecule has 0 aromatic carbocycles. The van der Waals surface area contributed by atoms with Crippen molar-refractivity contribution >= 4 is 11.9 Å². The van der Waals surface area contributed by atoms with Crippen molar-refractivity contribution in [1.82, 2.24) is 10.3 Å². The highest BCUT2D eigenvalue weighted by atomic mass is 19.1. The van der Waals surface area contributed by atoms with Crippen LogP contribution in [-0.2, 0) is 4.79 Å². The van der Waals surface area contributed by atoms with Gasteiger partial charge in [0.1, 0.15) is 0 Å². The average molecular weight is 282 g/mol. The van der Waals surface area contributed by atoms with Crippen molar-refractivity contribution in [2.75, 3.05) is 6.54 Å². The standard InChI is InChI=1S/C14H19FN2O3/c1-9(2)5-10(6-13(18)19)7-17-14(20)11-3-4-16-8-12(11)15/h3-4,8-10H,5-7H2,1-2H3,(H,17,20)(H,18,19)/t10-/m0/s1. The zero-order valence-electron chi connectivity index (χ0n) is 11.6. The topological polar surface area (TPSA) is 79.3 Å². The Morgan fingerprint density at radius 1 is 1.45 bits per heavy atom. The number of carboxylic acid groups (broad SMARTS) is 1. The number of halogens is 1. The Kier molecular flexibility index (Phi) is 6.09. The van der Waals surface area contributed by atoms with Gasteiger partial charge in [0.15, 0.2) is 5.82 Å². The molecule has 1 heterocycles. The van der Waals surface area contributed by atoms with Crippen molar-refractivity contribution in [2.24, 2.45) is 11.8 Å². The smallest absolute Gasteiger partial charge is 0.303 e. The molecule has 1 aromatic heterocycles. The van der Waals surface area contributed by atoms with Crippen LogP contribution in [0.1, 0.15) is 37.0 Å². The second-order valence-corrected chi connectivity index (χ2v) is 5.16. The monoisotopic (exact) mass is 282 g/mol. The van der Waals surface area contributed by atoms with E-state index in [1.54, 1.807) is 0 Å². The maximum atomic E-state index is 13.4. The van der Waals surface area contributed by atoms with Gasteiger partial charge in [0, 0.05) is 19.2 Å². The van der Waals surface area contributed by atoms with E-state index in [-0.39, 0.29) is 24.4 Å². The van der Waals surface area contributed by atoms with Crippen molar-refractivity contribution in [2.45, 2.75) is 26.7 Å². The highest BCUT2D eigenvalue weighted by Gasteiger charge is 2.17. The normalized spacial score (nSPS) is 12.2. The maximum absolute atomic E-state index is 13.4. The van der Waals surface area contributed by atoms with Crippen LogP contribution in [0.15, 0.2) is 18.5 Å². The molecular weight excluding hydrogens is 263 g/mol. The van der Waals surface area contributed by atoms with Crippen LogP contribution in [0, 0.1) is 17.7 Å². The van der Waals surface area contributed by atoms with E-state index in [0.717, 1.165) is 6.20 Å². The van der Waals surface area contributed by atoms with Gasteiger partial charge in [0.2, 0.25) is 0 Å². The number of carboxylic acids is 1. The van der Waals surface area contributed by atoms with Crippen LogP contribution in [-0.4, -0.2) is 28.5 Å². The molecule has 0 aliphatic rings. The lowest BCUT2D eigenvalue weighted by molar-refractivity contribution is -0.138. The summed E-state index contributed by atoms with van der Waals surface area (Å²) in [5.74, 6) is -1.98. The summed E-state index contributed by atoms with van der Waals surface area (Å²) >= 11 is 0. The number of aromatic nitrogens is 1. The molecule has 0 unspecified atom stereocenters. The van der Waals surface area contributed by atoms with Gasteiger partial charge in [-0.15, -0.1) is 0 Å². The minimum atomic E-state index is -0.903. The lowest BCUT2D eigenvalue weighted by Crippen LogP contribution is -2.31. The number of aliphatic carboxylic acids is 1. The Hall–Kier alpha value is -1.98. The number of amides is 1. The zero-order valence-corrected chi connectivity index (χ0v) is 11.6. The first-order valence-corrected chi connectivity index (χ1v) is 6.49. The molecule has 0 aliphatic heterocycles. The summed E-state index contributed by atoms with van der Waals surface area (Å²) in [5.41, 5.74) is -0.0846. The van der Waals surface area contributed by atoms with Crippen LogP contribution in [0.4, 0.5) is 4.39 Å². The molecule has 1 rings (SSSR count). The highest BCUT2D eigenvalue weighted by Crippen LogP contribution is 2.15. The first-order valence-electron chi connectivity index (χ1n) is 6.49. The van der Waals surface area contributed by atoms with Crippen molar-refractivity contribution in [1.29, 1.82) is 0 Å². The molecule has 0 aliphatic carbocycles. The van der Waals surface area contributed by atoms with Gasteiger partial charge in [-0.1, -0.05) is 13.8 Å². The third kappa shape index (κ3) is 5.34. The maximum Gasteiger partial charge on any atom is 0.303 e. The molecule has 2 N–H and O–H groups in total. The number of carbonyl (C=O) groups excluding carboxylic acids is 1. The molecule has 6 heteroatoms. The summed E-state index contributed by atoms with van der Waals surface area (Å²) in [4.78, 5) is 26.2. The minimum Gasteiger partial charge on any atom is -0.481 e. The van der Waals surface area contributed by atoms with Gasteiger partial charge in [-0.05, 0) is 24.3 Å². The predicted molar refractivity (Wildman–Crippen MR) is 71.7 cm³/mol. The summed E-state index contributed by atoms with van der Waals surface area (Å²) in [7, 11) is 0. The summed E-state index contributed by atoms with van der Waals surface area (Å²) < 4.78 is 13.4. The molecule has 0 fully saturated rings. The number of carbonyl (C=O) groups is 2. The van der Waals surface area contributed by atoms with E-state index in [4.69, 9.17) is 5.11 Å². The number of pyridine rings is 1. The van der Waals surface area contributed by atoms with Crippen LogP contribution in [0.3, 0.4) is 0 Å². The molecular formula is C14H19FN2O3. The van der Waals surface area contributed by atoms with Gasteiger partial charge in [0.05, 0.1) is 11.8 Å². The largest absolute Gasteiger partial charge is 0.481 e. The predicted octanol–water partition coefficient (Wildman–Crippen LogP) is 2.09. The van der Waals surface area contributed by atoms with Gasteiger partial charge in [-0.25, -0.2) is 4.39 Å². The minimum absolute atomic E-state index is 0.0166. The molecule has 0 saturated heterocycles. The lowest BCUT2D eigenvalue weighted by Gasteiger charge is -2.17. The van der Waals surface area contributed by atoms with Crippen LogP contribution < -0.4 is 5.32 Å². The number of nitrogens with zero attached hydrogens (tertiary/aromatic N) is 1. The van der Waals surface area contributed by atoms with Crippen LogP contribution in [0.2, 0.25) is 0 Å². The fourth-order valence-corrected chi connectivity index (χ4v) is 2.04. The van der Waals surface area contributed by atoms with Gasteiger partial charge >= 0.3 is 5.97 Å². The van der Waals surface area contributed by atoms with E-state index < -0.39 is 17.7 Å². The van der Waals surface area contributed by atoms with Crippen molar-refractivity contribution in [3.63, 3.8) is 0 Å². The number of hydrogen-bond acceptors (Lipinski definition) is 3. The van der Waals surface area contributed by atoms with Crippen LogP contribution >= 0.6 is 0 Å². The second kappa shape index (κ2) is 7.57. The van der Waals surface area contributed by atoms with E-state index in [9.17, 15) is 14.0 Å². The summed E-state index contributed by atoms with van der Waals surface area (Å²) in [6, 6.07) is 1.29. The molecule has 5 nitrogen and oxygen atoms in total. The Bertz CT molecular complexity index is 477. The molecule has 0 spiro atoms. The van der Waals surface area contributed by atoms with Gasteiger partial charge in [-0.3, -0.25) is 14.6 Å². The van der Waals surface area contributed by atoms with Gasteiger partial charge in [-0.2, -0.15) is 0 Å². The summed E-state index contributed by atoms with van der Waals surface area (Å²) in [5, 5.41) is 11.4. The Morgan fingerprint density at radius 3 is 2.70 bits per heavy atom. The van der Waals surface area contributed by atoms with E-state index >= 15 is 0 Å². The van der Waals surface area contributed by atoms with E-state index in [0.29, 0.717) is 12.3 Å². The van der Waals surface area contributed by atoms with E-state index in [1.807, 2.05) is 13.8 Å². The second-order valence-electron chi connectivity index (χ2n) is 5.16. The molecule has 110 valence electrons. The molecule has 0 saturated carbocycles. The van der Waals surface area contributed by atoms with Gasteiger partial charge in [0.25, 0.3) is 5.91 Å². The quantitative estimate of drug-likeness (QED) is 0.802. The molecule has 1 aromatic rings. The number of hydrogen-bond donors (Lipinski definition) is 2. The Morgan fingerprint density at radius 2 is 2.15 bits per heavy atom. The van der Waals surface area contributed by atoms with E-state index in [1.165, 1.54) is 12.3 Å². The number of nitrogens with one attached hydrogen (secondary N) is 1. The molecule has 1 amide bonds. The zero-order chi connectivity index (χ0) is 15.1. The van der Waals surface area contributed by atoms with Crippen molar-refractivity contribution in [3.8, 4) is 0 Å². The Balaban J connectivity index is 2.60. The summed E-state index contributed by atoms with van der Waals surface area (Å²) in [6.45, 7) is 4.18.